The standard InChI is InChI=1S/C15H19N3O2/c1-4-18-14(9-10-16-18)11(2)17-15(19)12-5-7-13(20-3)8-6-12/h5-11H,4H2,1-3H3,(H,17,19). The Morgan fingerprint density at radius 3 is 2.65 bits per heavy atom. The number of rotatable bonds is 5. The summed E-state index contributed by atoms with van der Waals surface area (Å²) in [6.45, 7) is 4.75. The molecule has 0 saturated heterocycles. The van der Waals surface area contributed by atoms with Crippen LogP contribution in [0.1, 0.15) is 35.9 Å². The maximum Gasteiger partial charge on any atom is 0.251 e. The van der Waals surface area contributed by atoms with E-state index in [1.54, 1.807) is 37.6 Å². The molecule has 1 aromatic heterocycles. The number of methoxy groups -OCH3 is 1. The van der Waals surface area contributed by atoms with Crippen LogP contribution in [0.25, 0.3) is 0 Å². The molecule has 1 heterocycles. The second kappa shape index (κ2) is 6.23. The maximum absolute atomic E-state index is 12.2. The van der Waals surface area contributed by atoms with Crippen LogP contribution in [0.2, 0.25) is 0 Å². The number of benzene rings is 1. The normalized spacial score (nSPS) is 11.9. The van der Waals surface area contributed by atoms with Crippen LogP contribution < -0.4 is 10.1 Å². The van der Waals surface area contributed by atoms with Gasteiger partial charge in [0.05, 0.1) is 18.8 Å². The van der Waals surface area contributed by atoms with E-state index in [9.17, 15) is 4.79 Å². The van der Waals surface area contributed by atoms with Gasteiger partial charge in [-0.3, -0.25) is 9.48 Å². The lowest BCUT2D eigenvalue weighted by molar-refractivity contribution is 0.0938. The Morgan fingerprint density at radius 2 is 2.05 bits per heavy atom. The summed E-state index contributed by atoms with van der Waals surface area (Å²) in [4.78, 5) is 12.2. The zero-order valence-electron chi connectivity index (χ0n) is 12.0. The lowest BCUT2D eigenvalue weighted by Gasteiger charge is -2.15. The van der Waals surface area contributed by atoms with Crippen molar-refractivity contribution < 1.29 is 9.53 Å². The van der Waals surface area contributed by atoms with Crippen molar-refractivity contribution in [2.45, 2.75) is 26.4 Å². The monoisotopic (exact) mass is 273 g/mol. The SMILES string of the molecule is CCn1nccc1C(C)NC(=O)c1ccc(OC)cc1. The molecule has 2 rings (SSSR count). The molecule has 0 bridgehead atoms. The van der Waals surface area contributed by atoms with Gasteiger partial charge in [-0.05, 0) is 44.2 Å². The summed E-state index contributed by atoms with van der Waals surface area (Å²) in [6, 6.07) is 8.87. The van der Waals surface area contributed by atoms with Gasteiger partial charge in [-0.25, -0.2) is 0 Å². The van der Waals surface area contributed by atoms with Gasteiger partial charge in [-0.1, -0.05) is 0 Å². The van der Waals surface area contributed by atoms with Crippen molar-refractivity contribution in [3.05, 3.63) is 47.8 Å². The molecule has 0 radical (unpaired) electrons. The van der Waals surface area contributed by atoms with E-state index in [1.807, 2.05) is 24.6 Å². The van der Waals surface area contributed by atoms with Crippen LogP contribution in [0.15, 0.2) is 36.5 Å². The van der Waals surface area contributed by atoms with Crippen LogP contribution in [0, 0.1) is 0 Å². The summed E-state index contributed by atoms with van der Waals surface area (Å²) in [6.07, 6.45) is 1.74. The average molecular weight is 273 g/mol. The molecule has 2 aromatic rings. The molecule has 0 aliphatic rings. The molecule has 5 nitrogen and oxygen atoms in total. The molecule has 1 aromatic carbocycles. The number of amides is 1. The number of aryl methyl sites for hydroxylation is 1. The fraction of sp³-hybridized carbons (Fsp3) is 0.333. The highest BCUT2D eigenvalue weighted by Crippen LogP contribution is 2.15. The zero-order chi connectivity index (χ0) is 14.5. The minimum Gasteiger partial charge on any atom is -0.497 e. The lowest BCUT2D eigenvalue weighted by Crippen LogP contribution is -2.28. The highest BCUT2D eigenvalue weighted by Gasteiger charge is 2.14. The van der Waals surface area contributed by atoms with Crippen molar-refractivity contribution in [3.63, 3.8) is 0 Å². The molecule has 0 saturated carbocycles. The van der Waals surface area contributed by atoms with Crippen molar-refractivity contribution in [3.8, 4) is 5.75 Å². The second-order valence-electron chi connectivity index (χ2n) is 4.50. The lowest BCUT2D eigenvalue weighted by atomic mass is 10.1. The van der Waals surface area contributed by atoms with Gasteiger partial charge in [0.2, 0.25) is 0 Å². The van der Waals surface area contributed by atoms with E-state index in [2.05, 4.69) is 10.4 Å². The minimum absolute atomic E-state index is 0.0907. The summed E-state index contributed by atoms with van der Waals surface area (Å²) in [5, 5.41) is 7.18. The number of nitrogens with zero attached hydrogens (tertiary/aromatic N) is 2. The van der Waals surface area contributed by atoms with Crippen molar-refractivity contribution in [1.82, 2.24) is 15.1 Å². The van der Waals surface area contributed by atoms with Gasteiger partial charge in [0.25, 0.3) is 5.91 Å². The van der Waals surface area contributed by atoms with E-state index in [4.69, 9.17) is 4.74 Å². The topological polar surface area (TPSA) is 56.2 Å². The highest BCUT2D eigenvalue weighted by molar-refractivity contribution is 5.94. The first-order chi connectivity index (χ1) is 9.65. The van der Waals surface area contributed by atoms with Gasteiger partial charge < -0.3 is 10.1 Å². The summed E-state index contributed by atoms with van der Waals surface area (Å²) >= 11 is 0. The quantitative estimate of drug-likeness (QED) is 0.910. The van der Waals surface area contributed by atoms with Crippen LogP contribution in [-0.4, -0.2) is 22.8 Å². The molecule has 20 heavy (non-hydrogen) atoms. The van der Waals surface area contributed by atoms with Gasteiger partial charge in [-0.2, -0.15) is 5.10 Å². The third kappa shape index (κ3) is 2.99. The molecular formula is C15H19N3O2. The number of nitrogens with one attached hydrogen (secondary N) is 1. The summed E-state index contributed by atoms with van der Waals surface area (Å²) < 4.78 is 6.95. The number of aromatic nitrogens is 2. The maximum atomic E-state index is 12.2. The van der Waals surface area contributed by atoms with Crippen molar-refractivity contribution >= 4 is 5.91 Å². The first kappa shape index (κ1) is 14.1. The van der Waals surface area contributed by atoms with E-state index in [-0.39, 0.29) is 11.9 Å². The predicted octanol–water partition coefficient (Wildman–Crippen LogP) is 2.40. The molecule has 0 fully saturated rings. The number of carbonyl (C=O) groups excluding carboxylic acids is 1. The molecule has 1 atom stereocenters. The van der Waals surface area contributed by atoms with E-state index in [0.29, 0.717) is 5.56 Å². The zero-order valence-corrected chi connectivity index (χ0v) is 12.0. The molecule has 5 heteroatoms. The number of hydrogen-bond acceptors (Lipinski definition) is 3. The van der Waals surface area contributed by atoms with Gasteiger partial charge >= 0.3 is 0 Å². The largest absolute Gasteiger partial charge is 0.497 e. The smallest absolute Gasteiger partial charge is 0.251 e. The van der Waals surface area contributed by atoms with E-state index >= 15 is 0 Å². The van der Waals surface area contributed by atoms with Crippen molar-refractivity contribution in [1.29, 1.82) is 0 Å². The fourth-order valence-electron chi connectivity index (χ4n) is 2.07. The Labute approximate surface area is 118 Å². The van der Waals surface area contributed by atoms with Gasteiger partial charge in [-0.15, -0.1) is 0 Å². The molecule has 1 amide bonds. The van der Waals surface area contributed by atoms with Gasteiger partial charge in [0.15, 0.2) is 0 Å². The first-order valence-electron chi connectivity index (χ1n) is 6.62. The van der Waals surface area contributed by atoms with Gasteiger partial charge in [0.1, 0.15) is 5.75 Å². The van der Waals surface area contributed by atoms with Crippen LogP contribution in [-0.2, 0) is 6.54 Å². The Kier molecular flexibility index (Phi) is 4.40. The Hall–Kier alpha value is -2.30. The number of hydrogen-bond donors (Lipinski definition) is 1. The fourth-order valence-corrected chi connectivity index (χ4v) is 2.07. The third-order valence-electron chi connectivity index (χ3n) is 3.19. The molecule has 1 N–H and O–H groups in total. The van der Waals surface area contributed by atoms with Crippen LogP contribution in [0.3, 0.4) is 0 Å². The average Bonchev–Trinajstić information content (AvgIpc) is 2.95. The first-order valence-corrected chi connectivity index (χ1v) is 6.62. The summed E-state index contributed by atoms with van der Waals surface area (Å²) in [7, 11) is 1.60. The number of ether oxygens (including phenoxy) is 1. The number of carbonyl (C=O) groups is 1. The van der Waals surface area contributed by atoms with Crippen LogP contribution >= 0.6 is 0 Å². The van der Waals surface area contributed by atoms with Crippen LogP contribution in [0.5, 0.6) is 5.75 Å². The molecule has 1 unspecified atom stereocenters. The Morgan fingerprint density at radius 1 is 1.35 bits per heavy atom. The summed E-state index contributed by atoms with van der Waals surface area (Å²) in [5.41, 5.74) is 1.61. The summed E-state index contributed by atoms with van der Waals surface area (Å²) in [5.74, 6) is 0.627. The molecular weight excluding hydrogens is 254 g/mol. The Bertz CT molecular complexity index is 575. The minimum atomic E-state index is -0.107. The van der Waals surface area contributed by atoms with E-state index in [0.717, 1.165) is 18.0 Å². The van der Waals surface area contributed by atoms with E-state index in [1.165, 1.54) is 0 Å². The highest BCUT2D eigenvalue weighted by atomic mass is 16.5. The molecule has 0 aliphatic carbocycles. The molecule has 106 valence electrons. The Balaban J connectivity index is 2.06. The third-order valence-corrected chi connectivity index (χ3v) is 3.19. The van der Waals surface area contributed by atoms with E-state index < -0.39 is 0 Å². The molecule has 0 aliphatic heterocycles. The van der Waals surface area contributed by atoms with Crippen molar-refractivity contribution in [2.75, 3.05) is 7.11 Å². The van der Waals surface area contributed by atoms with Crippen molar-refractivity contribution in [2.24, 2.45) is 0 Å². The molecule has 0 spiro atoms. The van der Waals surface area contributed by atoms with Crippen LogP contribution in [0.4, 0.5) is 0 Å². The predicted molar refractivity (Wildman–Crippen MR) is 76.8 cm³/mol. The second-order valence-corrected chi connectivity index (χ2v) is 4.50. The van der Waals surface area contributed by atoms with Gasteiger partial charge in [0, 0.05) is 18.3 Å².